The second-order valence-electron chi connectivity index (χ2n) is 4.60. The third-order valence-electron chi connectivity index (χ3n) is 2.98. The van der Waals surface area contributed by atoms with Crippen molar-refractivity contribution < 1.29 is 22.4 Å². The fourth-order valence-electron chi connectivity index (χ4n) is 1.88. The Kier molecular flexibility index (Phi) is 4.99. The number of rotatable bonds is 6. The van der Waals surface area contributed by atoms with Gasteiger partial charge in [-0.3, -0.25) is 0 Å². The summed E-state index contributed by atoms with van der Waals surface area (Å²) in [6.45, 7) is 3.65. The Labute approximate surface area is 129 Å². The molecular formula is C15H17NO5S. The molecule has 0 radical (unpaired) electrons. The molecule has 2 rings (SSSR count). The van der Waals surface area contributed by atoms with Gasteiger partial charge in [0.25, 0.3) is 0 Å². The van der Waals surface area contributed by atoms with E-state index in [9.17, 15) is 13.2 Å². The van der Waals surface area contributed by atoms with Crippen LogP contribution in [0.3, 0.4) is 0 Å². The molecule has 1 N–H and O–H groups in total. The highest BCUT2D eigenvalue weighted by molar-refractivity contribution is 7.89. The zero-order valence-corrected chi connectivity index (χ0v) is 13.1. The molecule has 118 valence electrons. The van der Waals surface area contributed by atoms with E-state index in [0.717, 1.165) is 0 Å². The number of benzene rings is 1. The van der Waals surface area contributed by atoms with Gasteiger partial charge < -0.3 is 9.15 Å². The third kappa shape index (κ3) is 3.75. The minimum absolute atomic E-state index is 0.0685. The maximum absolute atomic E-state index is 12.3. The van der Waals surface area contributed by atoms with Crippen LogP contribution in [0.15, 0.2) is 52.0 Å². The van der Waals surface area contributed by atoms with E-state index in [0.29, 0.717) is 11.3 Å². The van der Waals surface area contributed by atoms with Crippen LogP contribution in [-0.2, 0) is 14.8 Å². The first kappa shape index (κ1) is 16.3. The van der Waals surface area contributed by atoms with Crippen LogP contribution in [0.1, 0.15) is 36.0 Å². The first-order valence-electron chi connectivity index (χ1n) is 6.77. The van der Waals surface area contributed by atoms with Crippen LogP contribution in [0.25, 0.3) is 0 Å². The maximum Gasteiger partial charge on any atom is 0.338 e. The lowest BCUT2D eigenvalue weighted by Crippen LogP contribution is -2.26. The fourth-order valence-corrected chi connectivity index (χ4v) is 3.09. The molecule has 0 bridgehead atoms. The summed E-state index contributed by atoms with van der Waals surface area (Å²) in [7, 11) is -3.70. The Bertz CT molecular complexity index is 720. The molecule has 0 fully saturated rings. The SMILES string of the molecule is CCOC(=O)c1ccc(S(=O)(=O)N[C@@H](C)c2ccco2)cc1. The molecule has 2 aromatic rings. The van der Waals surface area contributed by atoms with Crippen molar-refractivity contribution in [3.05, 3.63) is 54.0 Å². The van der Waals surface area contributed by atoms with Crippen molar-refractivity contribution in [1.29, 1.82) is 0 Å². The van der Waals surface area contributed by atoms with Gasteiger partial charge in [-0.05, 0) is 50.2 Å². The van der Waals surface area contributed by atoms with Crippen molar-refractivity contribution in [2.75, 3.05) is 6.61 Å². The third-order valence-corrected chi connectivity index (χ3v) is 4.53. The van der Waals surface area contributed by atoms with E-state index in [1.165, 1.54) is 30.5 Å². The van der Waals surface area contributed by atoms with Gasteiger partial charge in [0, 0.05) is 0 Å². The molecule has 0 saturated carbocycles. The summed E-state index contributed by atoms with van der Waals surface area (Å²) in [5, 5.41) is 0. The summed E-state index contributed by atoms with van der Waals surface area (Å²) in [4.78, 5) is 11.6. The quantitative estimate of drug-likeness (QED) is 0.826. The molecule has 0 spiro atoms. The number of hydrogen-bond donors (Lipinski definition) is 1. The lowest BCUT2D eigenvalue weighted by atomic mass is 10.2. The Morgan fingerprint density at radius 3 is 2.50 bits per heavy atom. The van der Waals surface area contributed by atoms with Gasteiger partial charge in [0.15, 0.2) is 0 Å². The van der Waals surface area contributed by atoms with Gasteiger partial charge in [0.2, 0.25) is 10.0 Å². The highest BCUT2D eigenvalue weighted by atomic mass is 32.2. The normalized spacial score (nSPS) is 12.8. The van der Waals surface area contributed by atoms with E-state index in [4.69, 9.17) is 9.15 Å². The fraction of sp³-hybridized carbons (Fsp3) is 0.267. The summed E-state index contributed by atoms with van der Waals surface area (Å²) < 4.78 is 37.1. The zero-order chi connectivity index (χ0) is 16.2. The van der Waals surface area contributed by atoms with Crippen LogP contribution in [0.5, 0.6) is 0 Å². The summed E-state index contributed by atoms with van der Waals surface area (Å²) in [6, 6.07) is 8.46. The Morgan fingerprint density at radius 2 is 1.95 bits per heavy atom. The first-order chi connectivity index (χ1) is 10.4. The van der Waals surface area contributed by atoms with Crippen molar-refractivity contribution in [1.82, 2.24) is 4.72 Å². The molecule has 0 unspecified atom stereocenters. The number of esters is 1. The molecule has 22 heavy (non-hydrogen) atoms. The second-order valence-corrected chi connectivity index (χ2v) is 6.32. The Morgan fingerprint density at radius 1 is 1.27 bits per heavy atom. The molecule has 6 nitrogen and oxygen atoms in total. The molecule has 1 aromatic carbocycles. The van der Waals surface area contributed by atoms with Crippen molar-refractivity contribution >= 4 is 16.0 Å². The van der Waals surface area contributed by atoms with Gasteiger partial charge in [-0.25, -0.2) is 17.9 Å². The maximum atomic E-state index is 12.3. The first-order valence-corrected chi connectivity index (χ1v) is 8.25. The molecular weight excluding hydrogens is 306 g/mol. The predicted octanol–water partition coefficient (Wildman–Crippen LogP) is 2.50. The van der Waals surface area contributed by atoms with Crippen molar-refractivity contribution in [2.24, 2.45) is 0 Å². The number of hydrogen-bond acceptors (Lipinski definition) is 5. The minimum Gasteiger partial charge on any atom is -0.468 e. The van der Waals surface area contributed by atoms with Gasteiger partial charge in [-0.1, -0.05) is 0 Å². The lowest BCUT2D eigenvalue weighted by molar-refractivity contribution is 0.0526. The molecule has 1 atom stereocenters. The smallest absolute Gasteiger partial charge is 0.338 e. The highest BCUT2D eigenvalue weighted by Gasteiger charge is 2.20. The van der Waals surface area contributed by atoms with E-state index in [-0.39, 0.29) is 11.5 Å². The molecule has 1 aromatic heterocycles. The van der Waals surface area contributed by atoms with Gasteiger partial charge in [-0.15, -0.1) is 0 Å². The van der Waals surface area contributed by atoms with Crippen LogP contribution in [0.4, 0.5) is 0 Å². The van der Waals surface area contributed by atoms with E-state index >= 15 is 0 Å². The molecule has 7 heteroatoms. The summed E-state index contributed by atoms with van der Waals surface area (Å²) in [5.74, 6) is 0.0371. The van der Waals surface area contributed by atoms with E-state index < -0.39 is 22.0 Å². The summed E-state index contributed by atoms with van der Waals surface area (Å²) >= 11 is 0. The summed E-state index contributed by atoms with van der Waals surface area (Å²) in [6.07, 6.45) is 1.48. The number of carbonyl (C=O) groups is 1. The molecule has 0 saturated heterocycles. The average molecular weight is 323 g/mol. The number of nitrogens with one attached hydrogen (secondary N) is 1. The largest absolute Gasteiger partial charge is 0.468 e. The van der Waals surface area contributed by atoms with Gasteiger partial charge in [0.1, 0.15) is 5.76 Å². The minimum atomic E-state index is -3.70. The zero-order valence-electron chi connectivity index (χ0n) is 12.3. The molecule has 0 amide bonds. The van der Waals surface area contributed by atoms with Crippen molar-refractivity contribution in [2.45, 2.75) is 24.8 Å². The van der Waals surface area contributed by atoms with Crippen LogP contribution in [-0.4, -0.2) is 21.0 Å². The van der Waals surface area contributed by atoms with Crippen LogP contribution < -0.4 is 4.72 Å². The average Bonchev–Trinajstić information content (AvgIpc) is 3.01. The van der Waals surface area contributed by atoms with Crippen molar-refractivity contribution in [3.8, 4) is 0 Å². The van der Waals surface area contributed by atoms with E-state index in [1.807, 2.05) is 0 Å². The highest BCUT2D eigenvalue weighted by Crippen LogP contribution is 2.18. The van der Waals surface area contributed by atoms with Crippen molar-refractivity contribution in [3.63, 3.8) is 0 Å². The number of ether oxygens (including phenoxy) is 1. The Hall–Kier alpha value is -2.12. The Balaban J connectivity index is 2.14. The van der Waals surface area contributed by atoms with Crippen LogP contribution in [0.2, 0.25) is 0 Å². The number of sulfonamides is 1. The van der Waals surface area contributed by atoms with Crippen LogP contribution >= 0.6 is 0 Å². The molecule has 0 aliphatic heterocycles. The molecule has 0 aliphatic rings. The van der Waals surface area contributed by atoms with Gasteiger partial charge in [-0.2, -0.15) is 0 Å². The second kappa shape index (κ2) is 6.76. The lowest BCUT2D eigenvalue weighted by Gasteiger charge is -2.12. The standard InChI is InChI=1S/C15H17NO5S/c1-3-20-15(17)12-6-8-13(9-7-12)22(18,19)16-11(2)14-5-4-10-21-14/h4-11,16H,3H2,1-2H3/t11-/m0/s1. The number of carbonyl (C=O) groups excluding carboxylic acids is 1. The van der Waals surface area contributed by atoms with Gasteiger partial charge >= 0.3 is 5.97 Å². The monoisotopic (exact) mass is 323 g/mol. The van der Waals surface area contributed by atoms with Crippen LogP contribution in [0, 0.1) is 0 Å². The summed E-state index contributed by atoms with van der Waals surface area (Å²) in [5.41, 5.74) is 0.305. The van der Waals surface area contributed by atoms with Gasteiger partial charge in [0.05, 0.1) is 29.4 Å². The predicted molar refractivity (Wildman–Crippen MR) is 79.8 cm³/mol. The van der Waals surface area contributed by atoms with E-state index in [2.05, 4.69) is 4.72 Å². The molecule has 1 heterocycles. The topological polar surface area (TPSA) is 85.6 Å². The van der Waals surface area contributed by atoms with E-state index in [1.54, 1.807) is 26.0 Å². The molecule has 0 aliphatic carbocycles. The number of furan rings is 1.